The number of aliphatic hydroxyl groups is 1. The normalized spacial score (nSPS) is 12.7. The Balaban J connectivity index is 3.16. The van der Waals surface area contributed by atoms with E-state index in [1.807, 2.05) is 0 Å². The second-order valence-electron chi connectivity index (χ2n) is 1.41. The van der Waals surface area contributed by atoms with E-state index in [-0.39, 0.29) is 0 Å². The van der Waals surface area contributed by atoms with Crippen molar-refractivity contribution in [1.29, 1.82) is 0 Å². The molecule has 0 spiro atoms. The third-order valence-electron chi connectivity index (χ3n) is 0.605. The van der Waals surface area contributed by atoms with E-state index in [0.717, 1.165) is 0 Å². The summed E-state index contributed by atoms with van der Waals surface area (Å²) in [7, 11) is 0. The van der Waals surface area contributed by atoms with E-state index in [1.165, 1.54) is 0 Å². The topological polar surface area (TPSA) is 72.6 Å². The number of rotatable bonds is 3. The second kappa shape index (κ2) is 4.08. The van der Waals surface area contributed by atoms with Crippen LogP contribution in [0.25, 0.3) is 0 Å². The van der Waals surface area contributed by atoms with Crippen molar-refractivity contribution < 1.29 is 19.0 Å². The van der Waals surface area contributed by atoms with Crippen molar-refractivity contribution in [3.8, 4) is 0 Å². The highest BCUT2D eigenvalue weighted by molar-refractivity contribution is 5.64. The number of nitrogens with two attached hydrogens (primary N) is 1. The Morgan fingerprint density at radius 3 is 2.78 bits per heavy atom. The highest BCUT2D eigenvalue weighted by Crippen LogP contribution is 1.88. The molecule has 1 unspecified atom stereocenters. The minimum atomic E-state index is -1.53. The van der Waals surface area contributed by atoms with Gasteiger partial charge in [0.2, 0.25) is 0 Å². The van der Waals surface area contributed by atoms with Gasteiger partial charge in [0.15, 0.2) is 6.17 Å². The van der Waals surface area contributed by atoms with Crippen molar-refractivity contribution >= 4 is 6.09 Å². The largest absolute Gasteiger partial charge is 0.447 e. The van der Waals surface area contributed by atoms with E-state index >= 15 is 0 Å². The third kappa shape index (κ3) is 5.02. The number of carbonyl (C=O) groups is 1. The molecule has 0 aliphatic carbocycles. The van der Waals surface area contributed by atoms with Crippen molar-refractivity contribution in [1.82, 2.24) is 0 Å². The predicted octanol–water partition coefficient (Wildman–Crippen LogP) is -0.588. The van der Waals surface area contributed by atoms with Crippen LogP contribution in [-0.2, 0) is 4.74 Å². The molecule has 3 N–H and O–H groups in total. The minimum absolute atomic E-state index is 0.480. The average molecular weight is 137 g/mol. The van der Waals surface area contributed by atoms with E-state index in [4.69, 9.17) is 5.11 Å². The van der Waals surface area contributed by atoms with Crippen LogP contribution in [-0.4, -0.2) is 30.6 Å². The quantitative estimate of drug-likeness (QED) is 0.546. The van der Waals surface area contributed by atoms with Crippen LogP contribution in [0, 0.1) is 0 Å². The van der Waals surface area contributed by atoms with E-state index < -0.39 is 25.5 Å². The molecular weight excluding hydrogens is 129 g/mol. The SMILES string of the molecule is NC(=O)OCC(F)CO. The van der Waals surface area contributed by atoms with Crippen molar-refractivity contribution in [2.75, 3.05) is 13.2 Å². The van der Waals surface area contributed by atoms with Crippen LogP contribution in [0.4, 0.5) is 9.18 Å². The van der Waals surface area contributed by atoms with Gasteiger partial charge in [-0.25, -0.2) is 9.18 Å². The summed E-state index contributed by atoms with van der Waals surface area (Å²) in [6, 6.07) is 0. The highest BCUT2D eigenvalue weighted by atomic mass is 19.1. The highest BCUT2D eigenvalue weighted by Gasteiger charge is 2.05. The molecule has 0 radical (unpaired) electrons. The Bertz CT molecular complexity index is 97.8. The van der Waals surface area contributed by atoms with Crippen LogP contribution in [0.1, 0.15) is 0 Å². The Morgan fingerprint density at radius 2 is 2.44 bits per heavy atom. The van der Waals surface area contributed by atoms with Crippen molar-refractivity contribution in [2.24, 2.45) is 5.73 Å². The van der Waals surface area contributed by atoms with E-state index in [9.17, 15) is 9.18 Å². The summed E-state index contributed by atoms with van der Waals surface area (Å²) in [5, 5.41) is 8.04. The second-order valence-corrected chi connectivity index (χ2v) is 1.41. The van der Waals surface area contributed by atoms with E-state index in [0.29, 0.717) is 0 Å². The number of amides is 1. The fourth-order valence-corrected chi connectivity index (χ4v) is 0.225. The number of hydrogen-bond donors (Lipinski definition) is 2. The first kappa shape index (κ1) is 8.16. The summed E-state index contributed by atoms with van der Waals surface area (Å²) in [6.45, 7) is -1.14. The maximum Gasteiger partial charge on any atom is 0.404 e. The van der Waals surface area contributed by atoms with Crippen molar-refractivity contribution in [3.63, 3.8) is 0 Å². The zero-order valence-corrected chi connectivity index (χ0v) is 4.71. The first-order valence-electron chi connectivity index (χ1n) is 2.34. The molecule has 54 valence electrons. The van der Waals surface area contributed by atoms with Gasteiger partial charge in [-0.1, -0.05) is 0 Å². The van der Waals surface area contributed by atoms with E-state index in [1.54, 1.807) is 0 Å². The lowest BCUT2D eigenvalue weighted by molar-refractivity contribution is 0.0875. The Hall–Kier alpha value is -0.840. The molecule has 0 saturated heterocycles. The summed E-state index contributed by atoms with van der Waals surface area (Å²) in [5.41, 5.74) is 4.49. The van der Waals surface area contributed by atoms with Gasteiger partial charge < -0.3 is 15.6 Å². The molecule has 0 aliphatic heterocycles. The van der Waals surface area contributed by atoms with Gasteiger partial charge >= 0.3 is 6.09 Å². The van der Waals surface area contributed by atoms with Crippen molar-refractivity contribution in [3.05, 3.63) is 0 Å². The van der Waals surface area contributed by atoms with Gasteiger partial charge in [-0.2, -0.15) is 0 Å². The number of primary amides is 1. The van der Waals surface area contributed by atoms with Crippen LogP contribution >= 0.6 is 0 Å². The molecule has 0 aromatic rings. The van der Waals surface area contributed by atoms with Crippen LogP contribution in [0.2, 0.25) is 0 Å². The first-order chi connectivity index (χ1) is 4.16. The van der Waals surface area contributed by atoms with Crippen molar-refractivity contribution in [2.45, 2.75) is 6.17 Å². The third-order valence-corrected chi connectivity index (χ3v) is 0.605. The fourth-order valence-electron chi connectivity index (χ4n) is 0.225. The number of hydrogen-bond acceptors (Lipinski definition) is 3. The Morgan fingerprint density at radius 1 is 1.89 bits per heavy atom. The smallest absolute Gasteiger partial charge is 0.404 e. The van der Waals surface area contributed by atoms with Crippen LogP contribution in [0.5, 0.6) is 0 Å². The lowest BCUT2D eigenvalue weighted by Crippen LogP contribution is -2.21. The van der Waals surface area contributed by atoms with Gasteiger partial charge in [0.1, 0.15) is 6.61 Å². The molecule has 9 heavy (non-hydrogen) atoms. The number of halogens is 1. The molecule has 5 heteroatoms. The molecule has 1 atom stereocenters. The Labute approximate surface area is 51.4 Å². The standard InChI is InChI=1S/C4H8FNO3/c5-3(1-7)2-9-4(6)8/h3,7H,1-2H2,(H2,6,8). The molecule has 0 rings (SSSR count). The summed E-state index contributed by atoms with van der Waals surface area (Å²) in [5.74, 6) is 0. The molecule has 0 saturated carbocycles. The molecule has 0 fully saturated rings. The van der Waals surface area contributed by atoms with Crippen LogP contribution in [0.15, 0.2) is 0 Å². The average Bonchev–Trinajstić information content (AvgIpc) is 1.83. The maximum absolute atomic E-state index is 11.9. The lowest BCUT2D eigenvalue weighted by Gasteiger charge is -2.02. The molecule has 0 aromatic heterocycles. The van der Waals surface area contributed by atoms with E-state index in [2.05, 4.69) is 10.5 Å². The Kier molecular flexibility index (Phi) is 3.70. The number of aliphatic hydroxyl groups excluding tert-OH is 1. The summed E-state index contributed by atoms with van der Waals surface area (Å²) >= 11 is 0. The molecule has 0 bridgehead atoms. The first-order valence-corrected chi connectivity index (χ1v) is 2.34. The van der Waals surface area contributed by atoms with Gasteiger partial charge in [0, 0.05) is 0 Å². The van der Waals surface area contributed by atoms with Crippen LogP contribution < -0.4 is 5.73 Å². The summed E-state index contributed by atoms with van der Waals surface area (Å²) < 4.78 is 15.9. The molecular formula is C4H8FNO3. The molecule has 0 aromatic carbocycles. The number of carbonyl (C=O) groups excluding carboxylic acids is 1. The minimum Gasteiger partial charge on any atom is -0.447 e. The fraction of sp³-hybridized carbons (Fsp3) is 0.750. The predicted molar refractivity (Wildman–Crippen MR) is 27.5 cm³/mol. The maximum atomic E-state index is 11.9. The zero-order valence-electron chi connectivity index (χ0n) is 4.71. The zero-order chi connectivity index (χ0) is 7.28. The molecule has 0 heterocycles. The monoisotopic (exact) mass is 137 g/mol. The van der Waals surface area contributed by atoms with Gasteiger partial charge in [-0.05, 0) is 0 Å². The lowest BCUT2D eigenvalue weighted by atomic mass is 10.4. The summed E-state index contributed by atoms with van der Waals surface area (Å²) in [4.78, 5) is 9.77. The molecule has 4 nitrogen and oxygen atoms in total. The molecule has 1 amide bonds. The van der Waals surface area contributed by atoms with Gasteiger partial charge in [0.05, 0.1) is 6.61 Å². The molecule has 0 aliphatic rings. The van der Waals surface area contributed by atoms with Gasteiger partial charge in [-0.3, -0.25) is 0 Å². The summed E-state index contributed by atoms with van der Waals surface area (Å²) in [6.07, 6.45) is -2.57. The van der Waals surface area contributed by atoms with Crippen LogP contribution in [0.3, 0.4) is 0 Å². The number of ether oxygens (including phenoxy) is 1. The van der Waals surface area contributed by atoms with Gasteiger partial charge in [-0.15, -0.1) is 0 Å². The van der Waals surface area contributed by atoms with Gasteiger partial charge in [0.25, 0.3) is 0 Å². The number of alkyl halides is 1.